The summed E-state index contributed by atoms with van der Waals surface area (Å²) < 4.78 is 49.2. The van der Waals surface area contributed by atoms with Gasteiger partial charge in [-0.05, 0) is 43.9 Å². The maximum Gasteiger partial charge on any atom is 0.416 e. The molecule has 29 heavy (non-hydrogen) atoms. The number of benzene rings is 1. The first-order chi connectivity index (χ1) is 13.4. The lowest BCUT2D eigenvalue weighted by Crippen LogP contribution is -2.38. The van der Waals surface area contributed by atoms with Crippen molar-refractivity contribution in [3.05, 3.63) is 35.4 Å². The van der Waals surface area contributed by atoms with Gasteiger partial charge in [-0.3, -0.25) is 4.99 Å². The second-order valence-corrected chi connectivity index (χ2v) is 6.82. The van der Waals surface area contributed by atoms with Crippen molar-refractivity contribution in [2.24, 2.45) is 4.99 Å². The zero-order valence-corrected chi connectivity index (χ0v) is 19.3. The molecule has 0 amide bonds. The van der Waals surface area contributed by atoms with E-state index in [-0.39, 0.29) is 30.1 Å². The maximum absolute atomic E-state index is 12.7. The van der Waals surface area contributed by atoms with Crippen LogP contribution < -0.4 is 5.32 Å². The summed E-state index contributed by atoms with van der Waals surface area (Å²) in [5.41, 5.74) is 0.160. The van der Waals surface area contributed by atoms with Gasteiger partial charge in [0.25, 0.3) is 0 Å². The molecule has 0 atom stereocenters. The Morgan fingerprint density at radius 3 is 2.48 bits per heavy atom. The summed E-state index contributed by atoms with van der Waals surface area (Å²) in [7, 11) is 1.87. The number of rotatable bonds is 8. The van der Waals surface area contributed by atoms with Gasteiger partial charge in [0.1, 0.15) is 0 Å². The highest BCUT2D eigenvalue weighted by Crippen LogP contribution is 2.29. The predicted molar refractivity (Wildman–Crippen MR) is 119 cm³/mol. The average Bonchev–Trinajstić information content (AvgIpc) is 2.67. The number of alkyl halides is 3. The van der Waals surface area contributed by atoms with Crippen LogP contribution in [0.25, 0.3) is 0 Å². The summed E-state index contributed by atoms with van der Waals surface area (Å²) in [5.74, 6) is 0.730. The number of hydrogen-bond acceptors (Lipinski definition) is 3. The normalized spacial score (nSPS) is 15.7. The molecule has 1 aliphatic heterocycles. The second kappa shape index (κ2) is 13.3. The summed E-state index contributed by atoms with van der Waals surface area (Å²) in [6.45, 7) is 6.00. The highest BCUT2D eigenvalue weighted by Gasteiger charge is 2.29. The van der Waals surface area contributed by atoms with Crippen LogP contribution in [0.5, 0.6) is 0 Å². The fourth-order valence-electron chi connectivity index (χ4n) is 2.96. The number of nitrogens with one attached hydrogen (secondary N) is 1. The Kier molecular flexibility index (Phi) is 11.9. The first kappa shape index (κ1) is 26.0. The van der Waals surface area contributed by atoms with Gasteiger partial charge < -0.3 is 19.7 Å². The predicted octanol–water partition coefficient (Wildman–Crippen LogP) is 4.31. The third-order valence-electron chi connectivity index (χ3n) is 4.48. The van der Waals surface area contributed by atoms with Crippen molar-refractivity contribution < 1.29 is 22.6 Å². The molecule has 0 spiro atoms. The summed E-state index contributed by atoms with van der Waals surface area (Å²) >= 11 is 0. The topological polar surface area (TPSA) is 46.1 Å². The molecule has 1 aromatic rings. The van der Waals surface area contributed by atoms with Crippen LogP contribution in [0.1, 0.15) is 37.3 Å². The smallest absolute Gasteiger partial charge is 0.381 e. The van der Waals surface area contributed by atoms with Crippen LogP contribution in [0, 0.1) is 0 Å². The Labute approximate surface area is 188 Å². The average molecular weight is 529 g/mol. The quantitative estimate of drug-likeness (QED) is 0.236. The molecule has 0 radical (unpaired) electrons. The Morgan fingerprint density at radius 1 is 1.24 bits per heavy atom. The summed E-state index contributed by atoms with van der Waals surface area (Å²) in [4.78, 5) is 6.50. The molecule has 1 aliphatic rings. The van der Waals surface area contributed by atoms with E-state index in [1.807, 2.05) is 18.9 Å². The first-order valence-corrected chi connectivity index (χ1v) is 9.75. The highest BCUT2D eigenvalue weighted by molar-refractivity contribution is 14.0. The summed E-state index contributed by atoms with van der Waals surface area (Å²) in [6.07, 6.45) is -1.31. The zero-order valence-electron chi connectivity index (χ0n) is 17.0. The number of nitrogens with zero attached hydrogens (tertiary/aromatic N) is 2. The molecule has 1 saturated heterocycles. The number of aliphatic imine (C=N–C) groups is 1. The van der Waals surface area contributed by atoms with Crippen molar-refractivity contribution in [3.8, 4) is 0 Å². The van der Waals surface area contributed by atoms with Gasteiger partial charge in [-0.1, -0.05) is 12.1 Å². The van der Waals surface area contributed by atoms with E-state index in [1.54, 1.807) is 0 Å². The molecular formula is C20H31F3IN3O2. The third-order valence-corrected chi connectivity index (χ3v) is 4.48. The van der Waals surface area contributed by atoms with Crippen LogP contribution in [0.2, 0.25) is 0 Å². The molecule has 1 N–H and O–H groups in total. The van der Waals surface area contributed by atoms with Crippen LogP contribution in [0.3, 0.4) is 0 Å². The molecule has 0 unspecified atom stereocenters. The maximum atomic E-state index is 12.7. The molecule has 1 aromatic carbocycles. The SMILES string of the molecule is CCNC(=NCCCOC1CCOCC1)N(C)Cc1ccc(C(F)(F)F)cc1.I. The zero-order chi connectivity index (χ0) is 20.4. The first-order valence-electron chi connectivity index (χ1n) is 9.75. The van der Waals surface area contributed by atoms with E-state index in [2.05, 4.69) is 10.3 Å². The van der Waals surface area contributed by atoms with Crippen LogP contribution in [-0.4, -0.2) is 56.9 Å². The van der Waals surface area contributed by atoms with Gasteiger partial charge in [-0.15, -0.1) is 24.0 Å². The molecule has 0 bridgehead atoms. The standard InChI is InChI=1S/C20H30F3N3O2.HI/c1-3-24-19(25-11-4-12-28-18-9-13-27-14-10-18)26(2)15-16-5-7-17(8-6-16)20(21,22)23;/h5-8,18H,3-4,9-15H2,1-2H3,(H,24,25);1H. The van der Waals surface area contributed by atoms with Crippen LogP contribution in [0.15, 0.2) is 29.3 Å². The van der Waals surface area contributed by atoms with Crippen molar-refractivity contribution >= 4 is 29.9 Å². The molecule has 9 heteroatoms. The molecule has 0 saturated carbocycles. The summed E-state index contributed by atoms with van der Waals surface area (Å²) in [5, 5.41) is 3.22. The lowest BCUT2D eigenvalue weighted by atomic mass is 10.1. The van der Waals surface area contributed by atoms with Crippen molar-refractivity contribution in [2.75, 3.05) is 40.0 Å². The minimum absolute atomic E-state index is 0. The van der Waals surface area contributed by atoms with Gasteiger partial charge in [-0.2, -0.15) is 13.2 Å². The number of hydrogen-bond donors (Lipinski definition) is 1. The van der Waals surface area contributed by atoms with Crippen molar-refractivity contribution in [2.45, 2.75) is 45.0 Å². The second-order valence-electron chi connectivity index (χ2n) is 6.82. The number of guanidine groups is 1. The molecule has 2 rings (SSSR count). The van der Waals surface area contributed by atoms with Crippen molar-refractivity contribution in [1.82, 2.24) is 10.2 Å². The van der Waals surface area contributed by atoms with Crippen LogP contribution in [0.4, 0.5) is 13.2 Å². The van der Waals surface area contributed by atoms with E-state index >= 15 is 0 Å². The van der Waals surface area contributed by atoms with E-state index in [9.17, 15) is 13.2 Å². The minimum atomic E-state index is -4.31. The Morgan fingerprint density at radius 2 is 1.90 bits per heavy atom. The Hall–Kier alpha value is -1.07. The van der Waals surface area contributed by atoms with Crippen molar-refractivity contribution in [3.63, 3.8) is 0 Å². The van der Waals surface area contributed by atoms with Crippen LogP contribution in [-0.2, 0) is 22.2 Å². The van der Waals surface area contributed by atoms with Gasteiger partial charge >= 0.3 is 6.18 Å². The molecule has 166 valence electrons. The van der Waals surface area contributed by atoms with Gasteiger partial charge in [0, 0.05) is 46.5 Å². The third kappa shape index (κ3) is 9.52. The fourth-order valence-corrected chi connectivity index (χ4v) is 2.96. The lowest BCUT2D eigenvalue weighted by molar-refractivity contribution is -0.137. The molecule has 0 aromatic heterocycles. The monoisotopic (exact) mass is 529 g/mol. The van der Waals surface area contributed by atoms with Gasteiger partial charge in [0.15, 0.2) is 5.96 Å². The van der Waals surface area contributed by atoms with Gasteiger partial charge in [0.2, 0.25) is 0 Å². The van der Waals surface area contributed by atoms with E-state index < -0.39 is 11.7 Å². The molecule has 0 aliphatic carbocycles. The van der Waals surface area contributed by atoms with Gasteiger partial charge in [0.05, 0.1) is 11.7 Å². The minimum Gasteiger partial charge on any atom is -0.381 e. The lowest BCUT2D eigenvalue weighted by Gasteiger charge is -2.23. The number of ether oxygens (including phenoxy) is 2. The molecular weight excluding hydrogens is 498 g/mol. The molecule has 5 nitrogen and oxygen atoms in total. The van der Waals surface area contributed by atoms with Crippen molar-refractivity contribution in [1.29, 1.82) is 0 Å². The number of halogens is 4. The fraction of sp³-hybridized carbons (Fsp3) is 0.650. The van der Waals surface area contributed by atoms with Gasteiger partial charge in [-0.25, -0.2) is 0 Å². The highest BCUT2D eigenvalue weighted by atomic mass is 127. The summed E-state index contributed by atoms with van der Waals surface area (Å²) in [6, 6.07) is 5.23. The Bertz CT molecular complexity index is 606. The Balaban J connectivity index is 0.00000420. The largest absolute Gasteiger partial charge is 0.416 e. The molecule has 1 fully saturated rings. The van der Waals surface area contributed by atoms with Crippen LogP contribution >= 0.6 is 24.0 Å². The van der Waals surface area contributed by atoms with E-state index in [4.69, 9.17) is 9.47 Å². The van der Waals surface area contributed by atoms with E-state index in [0.29, 0.717) is 19.7 Å². The molecule has 1 heterocycles. The van der Waals surface area contributed by atoms with E-state index in [1.165, 1.54) is 12.1 Å². The van der Waals surface area contributed by atoms with E-state index in [0.717, 1.165) is 62.7 Å².